The minimum absolute atomic E-state index is 0.0393. The van der Waals surface area contributed by atoms with Crippen molar-refractivity contribution >= 4 is 17.6 Å². The molecule has 0 unspecified atom stereocenters. The van der Waals surface area contributed by atoms with Crippen LogP contribution in [0, 0.1) is 0 Å². The summed E-state index contributed by atoms with van der Waals surface area (Å²) in [5.41, 5.74) is 7.21. The second-order valence-electron chi connectivity index (χ2n) is 4.39. The van der Waals surface area contributed by atoms with Crippen molar-refractivity contribution in [3.05, 3.63) is 59.1 Å². The van der Waals surface area contributed by atoms with Gasteiger partial charge in [-0.1, -0.05) is 34.9 Å². The molecule has 0 atom stereocenters. The fourth-order valence-electron chi connectivity index (χ4n) is 1.82. The molecule has 0 saturated heterocycles. The first kappa shape index (κ1) is 13.5. The molecule has 2 N–H and O–H groups in total. The van der Waals surface area contributed by atoms with Crippen molar-refractivity contribution in [3.8, 4) is 17.2 Å². The van der Waals surface area contributed by atoms with Crippen LogP contribution < -0.4 is 10.5 Å². The third-order valence-corrected chi connectivity index (χ3v) is 3.09. The SMILES string of the molecule is Nc1nnc(-c2cccc(OCc3ccc(Cl)cc3)c2)o1. The van der Waals surface area contributed by atoms with Gasteiger partial charge in [0.2, 0.25) is 5.89 Å². The highest BCUT2D eigenvalue weighted by molar-refractivity contribution is 6.30. The van der Waals surface area contributed by atoms with E-state index < -0.39 is 0 Å². The van der Waals surface area contributed by atoms with Crippen molar-refractivity contribution < 1.29 is 9.15 Å². The first-order valence-corrected chi connectivity index (χ1v) is 6.65. The number of rotatable bonds is 4. The molecule has 0 amide bonds. The number of hydrogen-bond donors (Lipinski definition) is 1. The van der Waals surface area contributed by atoms with Gasteiger partial charge in [0.1, 0.15) is 12.4 Å². The van der Waals surface area contributed by atoms with E-state index in [2.05, 4.69) is 10.2 Å². The number of benzene rings is 2. The van der Waals surface area contributed by atoms with E-state index in [1.165, 1.54) is 0 Å². The molecule has 21 heavy (non-hydrogen) atoms. The number of aromatic nitrogens is 2. The minimum atomic E-state index is 0.0393. The first-order valence-electron chi connectivity index (χ1n) is 6.27. The standard InChI is InChI=1S/C15H12ClN3O2/c16-12-6-4-10(5-7-12)9-20-13-3-1-2-11(8-13)14-18-19-15(17)21-14/h1-8H,9H2,(H2,17,19). The van der Waals surface area contributed by atoms with E-state index in [1.807, 2.05) is 48.5 Å². The number of anilines is 1. The van der Waals surface area contributed by atoms with Crippen molar-refractivity contribution in [1.29, 1.82) is 0 Å². The number of nitrogens with two attached hydrogens (primary N) is 1. The van der Waals surface area contributed by atoms with Crippen LogP contribution in [0.25, 0.3) is 11.5 Å². The second-order valence-corrected chi connectivity index (χ2v) is 4.82. The number of ether oxygens (including phenoxy) is 1. The minimum Gasteiger partial charge on any atom is -0.489 e. The van der Waals surface area contributed by atoms with Gasteiger partial charge in [-0.15, -0.1) is 5.10 Å². The van der Waals surface area contributed by atoms with Gasteiger partial charge in [-0.3, -0.25) is 0 Å². The highest BCUT2D eigenvalue weighted by Crippen LogP contribution is 2.24. The Morgan fingerprint density at radius 1 is 1.10 bits per heavy atom. The Morgan fingerprint density at radius 2 is 1.90 bits per heavy atom. The van der Waals surface area contributed by atoms with Crippen LogP contribution in [0.15, 0.2) is 52.9 Å². The van der Waals surface area contributed by atoms with Crippen molar-refractivity contribution in [2.45, 2.75) is 6.61 Å². The third-order valence-electron chi connectivity index (χ3n) is 2.84. The molecule has 0 spiro atoms. The number of halogens is 1. The molecule has 5 nitrogen and oxygen atoms in total. The Balaban J connectivity index is 1.73. The van der Waals surface area contributed by atoms with Crippen LogP contribution in [0.1, 0.15) is 5.56 Å². The monoisotopic (exact) mass is 301 g/mol. The Hall–Kier alpha value is -2.53. The van der Waals surface area contributed by atoms with Gasteiger partial charge in [0, 0.05) is 10.6 Å². The van der Waals surface area contributed by atoms with E-state index in [1.54, 1.807) is 0 Å². The zero-order valence-corrected chi connectivity index (χ0v) is 11.7. The number of nitrogens with zero attached hydrogens (tertiary/aromatic N) is 2. The third kappa shape index (κ3) is 3.32. The van der Waals surface area contributed by atoms with Gasteiger partial charge < -0.3 is 14.9 Å². The van der Waals surface area contributed by atoms with Gasteiger partial charge in [-0.2, -0.15) is 0 Å². The quantitative estimate of drug-likeness (QED) is 0.797. The molecule has 0 aliphatic heterocycles. The molecule has 0 radical (unpaired) electrons. The van der Waals surface area contributed by atoms with Gasteiger partial charge in [0.25, 0.3) is 0 Å². The average molecular weight is 302 g/mol. The van der Waals surface area contributed by atoms with E-state index in [4.69, 9.17) is 26.5 Å². The lowest BCUT2D eigenvalue weighted by Crippen LogP contribution is -1.95. The van der Waals surface area contributed by atoms with Crippen molar-refractivity contribution in [2.24, 2.45) is 0 Å². The molecule has 1 aromatic heterocycles. The molecule has 0 fully saturated rings. The molecule has 0 aliphatic carbocycles. The zero-order chi connectivity index (χ0) is 14.7. The molecule has 1 heterocycles. The smallest absolute Gasteiger partial charge is 0.313 e. The van der Waals surface area contributed by atoms with Crippen LogP contribution in [0.3, 0.4) is 0 Å². The summed E-state index contributed by atoms with van der Waals surface area (Å²) in [6.07, 6.45) is 0. The average Bonchev–Trinajstić information content (AvgIpc) is 2.94. The van der Waals surface area contributed by atoms with E-state index in [0.717, 1.165) is 11.1 Å². The van der Waals surface area contributed by atoms with Crippen LogP contribution in [-0.4, -0.2) is 10.2 Å². The van der Waals surface area contributed by atoms with Crippen molar-refractivity contribution in [1.82, 2.24) is 10.2 Å². The largest absolute Gasteiger partial charge is 0.489 e. The Morgan fingerprint density at radius 3 is 2.62 bits per heavy atom. The summed E-state index contributed by atoms with van der Waals surface area (Å²) in [7, 11) is 0. The fraction of sp³-hybridized carbons (Fsp3) is 0.0667. The molecule has 2 aromatic carbocycles. The van der Waals surface area contributed by atoms with Gasteiger partial charge in [0.05, 0.1) is 0 Å². The van der Waals surface area contributed by atoms with Gasteiger partial charge in [-0.05, 0) is 35.9 Å². The molecule has 0 aliphatic rings. The van der Waals surface area contributed by atoms with Gasteiger partial charge >= 0.3 is 6.01 Å². The summed E-state index contributed by atoms with van der Waals surface area (Å²) in [6.45, 7) is 0.451. The highest BCUT2D eigenvalue weighted by atomic mass is 35.5. The molecule has 106 valence electrons. The summed E-state index contributed by atoms with van der Waals surface area (Å²) in [4.78, 5) is 0. The maximum Gasteiger partial charge on any atom is 0.313 e. The summed E-state index contributed by atoms with van der Waals surface area (Å²) in [5.74, 6) is 1.07. The maximum atomic E-state index is 5.85. The number of nitrogen functional groups attached to an aromatic ring is 1. The van der Waals surface area contributed by atoms with Crippen molar-refractivity contribution in [2.75, 3.05) is 5.73 Å². The van der Waals surface area contributed by atoms with Crippen LogP contribution in [0.2, 0.25) is 5.02 Å². The predicted octanol–water partition coefficient (Wildman–Crippen LogP) is 3.55. The van der Waals surface area contributed by atoms with E-state index >= 15 is 0 Å². The van der Waals surface area contributed by atoms with Gasteiger partial charge in [-0.25, -0.2) is 0 Å². The highest BCUT2D eigenvalue weighted by Gasteiger charge is 2.07. The normalized spacial score (nSPS) is 10.5. The van der Waals surface area contributed by atoms with Crippen LogP contribution >= 0.6 is 11.6 Å². The molecule has 3 aromatic rings. The van der Waals surface area contributed by atoms with Crippen LogP contribution in [0.5, 0.6) is 5.75 Å². The lowest BCUT2D eigenvalue weighted by Gasteiger charge is -2.07. The molecule has 0 bridgehead atoms. The fourth-order valence-corrected chi connectivity index (χ4v) is 1.94. The van der Waals surface area contributed by atoms with Crippen LogP contribution in [0.4, 0.5) is 6.01 Å². The number of hydrogen-bond acceptors (Lipinski definition) is 5. The van der Waals surface area contributed by atoms with Gasteiger partial charge in [0.15, 0.2) is 0 Å². The molecular formula is C15H12ClN3O2. The summed E-state index contributed by atoms with van der Waals surface area (Å²) in [6, 6.07) is 14.9. The Bertz CT molecular complexity index is 741. The maximum absolute atomic E-state index is 5.85. The second kappa shape index (κ2) is 5.85. The zero-order valence-electron chi connectivity index (χ0n) is 11.0. The summed E-state index contributed by atoms with van der Waals surface area (Å²) < 4.78 is 10.9. The summed E-state index contributed by atoms with van der Waals surface area (Å²) in [5, 5.41) is 8.18. The molecule has 3 rings (SSSR count). The Labute approximate surface area is 126 Å². The molecule has 0 saturated carbocycles. The lowest BCUT2D eigenvalue weighted by atomic mass is 10.2. The van der Waals surface area contributed by atoms with E-state index in [9.17, 15) is 0 Å². The Kier molecular flexibility index (Phi) is 3.75. The first-order chi connectivity index (χ1) is 10.2. The molecular weight excluding hydrogens is 290 g/mol. The van der Waals surface area contributed by atoms with E-state index in [0.29, 0.717) is 23.3 Å². The predicted molar refractivity (Wildman–Crippen MR) is 79.9 cm³/mol. The summed E-state index contributed by atoms with van der Waals surface area (Å²) >= 11 is 5.85. The topological polar surface area (TPSA) is 74.2 Å². The van der Waals surface area contributed by atoms with Crippen molar-refractivity contribution in [3.63, 3.8) is 0 Å². The molecule has 6 heteroatoms. The van der Waals surface area contributed by atoms with E-state index in [-0.39, 0.29) is 6.01 Å². The van der Waals surface area contributed by atoms with Crippen LogP contribution in [-0.2, 0) is 6.61 Å². The lowest BCUT2D eigenvalue weighted by molar-refractivity contribution is 0.306.